The number of hydrogen-bond donors (Lipinski definition) is 2. The van der Waals surface area contributed by atoms with E-state index in [0.717, 1.165) is 17.7 Å². The molecule has 4 nitrogen and oxygen atoms in total. The summed E-state index contributed by atoms with van der Waals surface area (Å²) >= 11 is 0. The average molecular weight is 220 g/mol. The molecule has 1 aliphatic carbocycles. The number of esters is 1. The first-order chi connectivity index (χ1) is 7.61. The summed E-state index contributed by atoms with van der Waals surface area (Å²) in [4.78, 5) is 11.0. The second-order valence-electron chi connectivity index (χ2n) is 4.08. The Labute approximate surface area is 94.8 Å². The third kappa shape index (κ3) is 1.88. The number of rotatable bonds is 2. The summed E-state index contributed by atoms with van der Waals surface area (Å²) in [5.74, 6) is -0.244. The quantitative estimate of drug-likeness (QED) is 0.577. The van der Waals surface area contributed by atoms with Crippen molar-refractivity contribution in [2.24, 2.45) is 0 Å². The third-order valence-corrected chi connectivity index (χ3v) is 2.93. The van der Waals surface area contributed by atoms with Gasteiger partial charge in [-0.2, -0.15) is 0 Å². The van der Waals surface area contributed by atoms with Gasteiger partial charge in [0.05, 0.1) is 6.04 Å². The molecule has 16 heavy (non-hydrogen) atoms. The predicted octanol–water partition coefficient (Wildman–Crippen LogP) is 1.02. The van der Waals surface area contributed by atoms with E-state index in [1.807, 2.05) is 25.2 Å². The summed E-state index contributed by atoms with van der Waals surface area (Å²) in [6, 6.07) is 5.86. The number of fused-ring (bicyclic) bond motifs is 1. The minimum atomic E-state index is -0.244. The number of nitrogen functional groups attached to an aromatic ring is 1. The van der Waals surface area contributed by atoms with Gasteiger partial charge in [0.2, 0.25) is 0 Å². The lowest BCUT2D eigenvalue weighted by atomic mass is 10.1. The van der Waals surface area contributed by atoms with E-state index in [0.29, 0.717) is 0 Å². The van der Waals surface area contributed by atoms with Crippen LogP contribution in [0.5, 0.6) is 0 Å². The monoisotopic (exact) mass is 220 g/mol. The van der Waals surface area contributed by atoms with Gasteiger partial charge in [-0.05, 0) is 30.3 Å². The molecule has 1 aromatic rings. The summed E-state index contributed by atoms with van der Waals surface area (Å²) < 4.78 is 5.29. The van der Waals surface area contributed by atoms with Gasteiger partial charge >= 0.3 is 5.97 Å². The van der Waals surface area contributed by atoms with Crippen LogP contribution in [0.25, 0.3) is 0 Å². The first-order valence-corrected chi connectivity index (χ1v) is 5.34. The molecule has 1 aliphatic rings. The SMILES string of the molecule is CNC1c2cc(N)ccc2CC1OC(C)=O. The Morgan fingerprint density at radius 2 is 2.31 bits per heavy atom. The number of benzene rings is 1. The van der Waals surface area contributed by atoms with Crippen LogP contribution in [0.3, 0.4) is 0 Å². The van der Waals surface area contributed by atoms with Gasteiger partial charge in [0.1, 0.15) is 6.10 Å². The fourth-order valence-electron chi connectivity index (χ4n) is 2.29. The minimum absolute atomic E-state index is 0.0439. The van der Waals surface area contributed by atoms with Crippen molar-refractivity contribution in [3.05, 3.63) is 29.3 Å². The first-order valence-electron chi connectivity index (χ1n) is 5.34. The van der Waals surface area contributed by atoms with Gasteiger partial charge in [-0.15, -0.1) is 0 Å². The maximum Gasteiger partial charge on any atom is 0.302 e. The second kappa shape index (κ2) is 4.14. The fourth-order valence-corrected chi connectivity index (χ4v) is 2.29. The number of ether oxygens (including phenoxy) is 1. The Balaban J connectivity index is 2.29. The molecule has 0 aromatic heterocycles. The Morgan fingerprint density at radius 3 is 2.94 bits per heavy atom. The lowest BCUT2D eigenvalue weighted by Crippen LogP contribution is -2.29. The zero-order valence-electron chi connectivity index (χ0n) is 9.49. The summed E-state index contributed by atoms with van der Waals surface area (Å²) in [5, 5.41) is 3.17. The average Bonchev–Trinajstić information content (AvgIpc) is 2.53. The predicted molar refractivity (Wildman–Crippen MR) is 61.9 cm³/mol. The molecule has 2 atom stereocenters. The zero-order valence-corrected chi connectivity index (χ0v) is 9.49. The van der Waals surface area contributed by atoms with Gasteiger partial charge in [0, 0.05) is 19.0 Å². The molecule has 0 radical (unpaired) electrons. The lowest BCUT2D eigenvalue weighted by Gasteiger charge is -2.19. The largest absolute Gasteiger partial charge is 0.460 e. The second-order valence-corrected chi connectivity index (χ2v) is 4.08. The van der Waals surface area contributed by atoms with E-state index in [-0.39, 0.29) is 18.1 Å². The van der Waals surface area contributed by atoms with Crippen molar-refractivity contribution in [3.8, 4) is 0 Å². The van der Waals surface area contributed by atoms with E-state index in [9.17, 15) is 4.79 Å². The van der Waals surface area contributed by atoms with E-state index in [1.165, 1.54) is 12.5 Å². The smallest absolute Gasteiger partial charge is 0.302 e. The standard InChI is InChI=1S/C12H16N2O2/c1-7(15)16-11-5-8-3-4-9(13)6-10(8)12(11)14-2/h3-4,6,11-12,14H,5,13H2,1-2H3. The Hall–Kier alpha value is -1.55. The molecule has 0 aliphatic heterocycles. The molecule has 0 spiro atoms. The summed E-state index contributed by atoms with van der Waals surface area (Å²) in [6.45, 7) is 1.43. The van der Waals surface area contributed by atoms with Crippen molar-refractivity contribution in [1.82, 2.24) is 5.32 Å². The Kier molecular flexibility index (Phi) is 2.83. The molecule has 0 heterocycles. The third-order valence-electron chi connectivity index (χ3n) is 2.93. The molecule has 0 bridgehead atoms. The van der Waals surface area contributed by atoms with Gasteiger partial charge in [-0.25, -0.2) is 0 Å². The minimum Gasteiger partial charge on any atom is -0.460 e. The number of anilines is 1. The van der Waals surface area contributed by atoms with Crippen LogP contribution in [-0.2, 0) is 16.0 Å². The fraction of sp³-hybridized carbons (Fsp3) is 0.417. The van der Waals surface area contributed by atoms with Crippen LogP contribution in [0.2, 0.25) is 0 Å². The van der Waals surface area contributed by atoms with Crippen LogP contribution in [0.15, 0.2) is 18.2 Å². The number of likely N-dealkylation sites (N-methyl/N-ethyl adjacent to an activating group) is 1. The van der Waals surface area contributed by atoms with Crippen LogP contribution in [-0.4, -0.2) is 19.1 Å². The molecule has 0 saturated carbocycles. The molecule has 0 fully saturated rings. The molecule has 3 N–H and O–H groups in total. The normalized spacial score (nSPS) is 22.9. The maximum atomic E-state index is 11.0. The van der Waals surface area contributed by atoms with Gasteiger partial charge in [-0.3, -0.25) is 4.79 Å². The van der Waals surface area contributed by atoms with Gasteiger partial charge in [0.15, 0.2) is 0 Å². The molecular formula is C12H16N2O2. The lowest BCUT2D eigenvalue weighted by molar-refractivity contribution is -0.147. The van der Waals surface area contributed by atoms with Crippen LogP contribution in [0.4, 0.5) is 5.69 Å². The highest BCUT2D eigenvalue weighted by Gasteiger charge is 2.33. The zero-order chi connectivity index (χ0) is 11.7. The van der Waals surface area contributed by atoms with E-state index < -0.39 is 0 Å². The van der Waals surface area contributed by atoms with Crippen molar-refractivity contribution in [3.63, 3.8) is 0 Å². The van der Waals surface area contributed by atoms with Crippen molar-refractivity contribution in [2.75, 3.05) is 12.8 Å². The number of carbonyl (C=O) groups excluding carboxylic acids is 1. The molecule has 86 valence electrons. The Bertz CT molecular complexity index is 417. The highest BCUT2D eigenvalue weighted by atomic mass is 16.5. The van der Waals surface area contributed by atoms with Crippen LogP contribution in [0, 0.1) is 0 Å². The number of nitrogens with one attached hydrogen (secondary N) is 1. The molecule has 4 heteroatoms. The van der Waals surface area contributed by atoms with E-state index >= 15 is 0 Å². The van der Waals surface area contributed by atoms with Crippen LogP contribution < -0.4 is 11.1 Å². The van der Waals surface area contributed by atoms with E-state index in [1.54, 1.807) is 0 Å². The molecule has 2 unspecified atom stereocenters. The van der Waals surface area contributed by atoms with E-state index in [4.69, 9.17) is 10.5 Å². The molecule has 0 saturated heterocycles. The van der Waals surface area contributed by atoms with Crippen molar-refractivity contribution >= 4 is 11.7 Å². The van der Waals surface area contributed by atoms with Crippen molar-refractivity contribution in [1.29, 1.82) is 0 Å². The van der Waals surface area contributed by atoms with Crippen molar-refractivity contribution in [2.45, 2.75) is 25.5 Å². The van der Waals surface area contributed by atoms with E-state index in [2.05, 4.69) is 5.32 Å². The number of hydrogen-bond acceptors (Lipinski definition) is 4. The molecular weight excluding hydrogens is 204 g/mol. The van der Waals surface area contributed by atoms with Gasteiger partial charge in [-0.1, -0.05) is 6.07 Å². The highest BCUT2D eigenvalue weighted by Crippen LogP contribution is 2.34. The Morgan fingerprint density at radius 1 is 1.56 bits per heavy atom. The summed E-state index contributed by atoms with van der Waals surface area (Å²) in [7, 11) is 1.86. The molecule has 2 rings (SSSR count). The topological polar surface area (TPSA) is 64.3 Å². The first kappa shape index (κ1) is 11.0. The van der Waals surface area contributed by atoms with Gasteiger partial charge in [0.25, 0.3) is 0 Å². The van der Waals surface area contributed by atoms with Gasteiger partial charge < -0.3 is 15.8 Å². The molecule has 1 aromatic carbocycles. The van der Waals surface area contributed by atoms with Crippen LogP contribution in [0.1, 0.15) is 24.1 Å². The highest BCUT2D eigenvalue weighted by molar-refractivity contribution is 5.66. The summed E-state index contributed by atoms with van der Waals surface area (Å²) in [5.41, 5.74) is 8.82. The number of carbonyl (C=O) groups is 1. The number of nitrogens with two attached hydrogens (primary N) is 1. The maximum absolute atomic E-state index is 11.0. The van der Waals surface area contributed by atoms with Crippen molar-refractivity contribution < 1.29 is 9.53 Å². The summed E-state index contributed by atoms with van der Waals surface area (Å²) in [6.07, 6.45) is 0.625. The van der Waals surface area contributed by atoms with Crippen LogP contribution >= 0.6 is 0 Å². The molecule has 0 amide bonds.